The van der Waals surface area contributed by atoms with E-state index in [1.54, 1.807) is 0 Å². The quantitative estimate of drug-likeness (QED) is 0.0324. The highest BCUT2D eigenvalue weighted by Crippen LogP contribution is 2.23. The molecule has 1 amide bonds. The molecular weight excluding hydrogens is 654 g/mol. The molecule has 1 aliphatic rings. The second-order valence-electron chi connectivity index (χ2n) is 14.7. The first-order valence-electron chi connectivity index (χ1n) is 20.6. The van der Waals surface area contributed by atoms with E-state index in [9.17, 15) is 40.5 Å². The van der Waals surface area contributed by atoms with Gasteiger partial charge in [0, 0.05) is 0 Å². The Kier molecular flexibility index (Phi) is 29.3. The predicted octanol–water partition coefficient (Wildman–Crippen LogP) is 5.33. The molecular formula is C40H77NO10. The van der Waals surface area contributed by atoms with Gasteiger partial charge in [-0.25, -0.2) is 0 Å². The summed E-state index contributed by atoms with van der Waals surface area (Å²) in [5, 5.41) is 74.4. The van der Waals surface area contributed by atoms with Gasteiger partial charge in [-0.15, -0.1) is 0 Å². The summed E-state index contributed by atoms with van der Waals surface area (Å²) in [6.45, 7) is 3.22. The average molecular weight is 732 g/mol. The van der Waals surface area contributed by atoms with Gasteiger partial charge in [0.15, 0.2) is 6.29 Å². The summed E-state index contributed by atoms with van der Waals surface area (Å²) in [5.41, 5.74) is 0. The fraction of sp³-hybridized carbons (Fsp3) is 0.925. The average Bonchev–Trinajstić information content (AvgIpc) is 3.13. The first-order chi connectivity index (χ1) is 24.7. The molecule has 302 valence electrons. The lowest BCUT2D eigenvalue weighted by Crippen LogP contribution is -2.60. The third kappa shape index (κ3) is 22.0. The van der Waals surface area contributed by atoms with Crippen molar-refractivity contribution in [1.29, 1.82) is 0 Å². The Morgan fingerprint density at radius 2 is 1.14 bits per heavy atom. The molecule has 11 heteroatoms. The molecule has 8 N–H and O–H groups in total. The third-order valence-electron chi connectivity index (χ3n) is 10.1. The molecule has 0 aromatic carbocycles. The number of carbonyl (C=O) groups excluding carboxylic acids is 1. The van der Waals surface area contributed by atoms with E-state index in [2.05, 4.69) is 24.4 Å². The number of rotatable bonds is 33. The molecule has 0 saturated carbocycles. The number of amides is 1. The topological polar surface area (TPSA) is 189 Å². The Labute approximate surface area is 309 Å². The van der Waals surface area contributed by atoms with Crippen LogP contribution in [0.1, 0.15) is 168 Å². The number of aliphatic hydroxyl groups is 7. The molecule has 11 nitrogen and oxygen atoms in total. The lowest BCUT2D eigenvalue weighted by molar-refractivity contribution is -0.303. The van der Waals surface area contributed by atoms with Gasteiger partial charge < -0.3 is 50.5 Å². The Bertz CT molecular complexity index is 846. The number of hydrogen-bond acceptors (Lipinski definition) is 10. The van der Waals surface area contributed by atoms with Gasteiger partial charge in [-0.2, -0.15) is 0 Å². The third-order valence-corrected chi connectivity index (χ3v) is 10.1. The molecule has 9 unspecified atom stereocenters. The number of hydrogen-bond donors (Lipinski definition) is 8. The van der Waals surface area contributed by atoms with Crippen molar-refractivity contribution in [2.45, 2.75) is 223 Å². The van der Waals surface area contributed by atoms with Crippen molar-refractivity contribution in [2.24, 2.45) is 0 Å². The maximum Gasteiger partial charge on any atom is 0.249 e. The Balaban J connectivity index is 2.28. The molecule has 0 radical (unpaired) electrons. The van der Waals surface area contributed by atoms with Crippen LogP contribution in [-0.4, -0.2) is 110 Å². The number of ether oxygens (including phenoxy) is 2. The Morgan fingerprint density at radius 1 is 0.667 bits per heavy atom. The van der Waals surface area contributed by atoms with Crippen LogP contribution >= 0.6 is 0 Å². The van der Waals surface area contributed by atoms with E-state index >= 15 is 0 Å². The van der Waals surface area contributed by atoms with Gasteiger partial charge in [-0.05, 0) is 38.5 Å². The number of unbranched alkanes of at least 4 members (excludes halogenated alkanes) is 19. The summed E-state index contributed by atoms with van der Waals surface area (Å²) in [4.78, 5) is 12.9. The van der Waals surface area contributed by atoms with Crippen LogP contribution in [-0.2, 0) is 14.3 Å². The number of nitrogens with one attached hydrogen (secondary N) is 1. The second-order valence-corrected chi connectivity index (χ2v) is 14.7. The molecule has 0 spiro atoms. The van der Waals surface area contributed by atoms with Crippen LogP contribution in [0, 0.1) is 0 Å². The van der Waals surface area contributed by atoms with Crippen molar-refractivity contribution in [2.75, 3.05) is 13.2 Å². The lowest BCUT2D eigenvalue weighted by atomic mass is 9.98. The fourth-order valence-electron chi connectivity index (χ4n) is 6.55. The van der Waals surface area contributed by atoms with Crippen molar-refractivity contribution in [1.82, 2.24) is 5.32 Å². The summed E-state index contributed by atoms with van der Waals surface area (Å²) in [6.07, 6.45) is 19.6. The van der Waals surface area contributed by atoms with Crippen molar-refractivity contribution in [3.05, 3.63) is 12.2 Å². The standard InChI is InChI=1S/C40H77NO10/c1-3-5-7-8-9-10-11-12-13-14-15-16-17-18-19-20-21-22-23-24-26-28-33(44)39(49)41-31(35(45)32(43)27-25-6-4-2)30-50-40-38(48)37(47)36(46)34(29-42)51-40/h17-18,31-38,40,42-48H,3-16,19-30H2,1-2H3,(H,41,49)/b18-17-. The van der Waals surface area contributed by atoms with E-state index in [1.807, 2.05) is 6.92 Å². The van der Waals surface area contributed by atoms with Gasteiger partial charge in [-0.3, -0.25) is 4.79 Å². The van der Waals surface area contributed by atoms with Crippen LogP contribution in [0.15, 0.2) is 12.2 Å². The van der Waals surface area contributed by atoms with E-state index in [0.29, 0.717) is 19.3 Å². The van der Waals surface area contributed by atoms with E-state index in [-0.39, 0.29) is 6.42 Å². The molecule has 0 bridgehead atoms. The maximum absolute atomic E-state index is 12.9. The van der Waals surface area contributed by atoms with Gasteiger partial charge >= 0.3 is 0 Å². The van der Waals surface area contributed by atoms with Crippen molar-refractivity contribution in [3.63, 3.8) is 0 Å². The van der Waals surface area contributed by atoms with E-state index < -0.39 is 74.2 Å². The zero-order chi connectivity index (χ0) is 37.7. The van der Waals surface area contributed by atoms with Gasteiger partial charge in [0.25, 0.3) is 0 Å². The normalized spacial score (nSPS) is 23.4. The molecule has 9 atom stereocenters. The Hall–Kier alpha value is -1.15. The minimum absolute atomic E-state index is 0.253. The molecule has 1 aliphatic heterocycles. The summed E-state index contributed by atoms with van der Waals surface area (Å²) >= 11 is 0. The first-order valence-corrected chi connectivity index (χ1v) is 20.6. The number of allylic oxidation sites excluding steroid dienone is 2. The van der Waals surface area contributed by atoms with Gasteiger partial charge in [-0.1, -0.05) is 142 Å². The van der Waals surface area contributed by atoms with Crippen LogP contribution in [0.5, 0.6) is 0 Å². The number of carbonyl (C=O) groups is 1. The molecule has 0 aliphatic carbocycles. The smallest absolute Gasteiger partial charge is 0.249 e. The molecule has 0 aromatic rings. The number of aliphatic hydroxyl groups excluding tert-OH is 7. The summed E-state index contributed by atoms with van der Waals surface area (Å²) in [7, 11) is 0. The monoisotopic (exact) mass is 732 g/mol. The van der Waals surface area contributed by atoms with Gasteiger partial charge in [0.1, 0.15) is 36.6 Å². The van der Waals surface area contributed by atoms with Crippen LogP contribution in [0.3, 0.4) is 0 Å². The highest BCUT2D eigenvalue weighted by atomic mass is 16.7. The molecule has 0 aromatic heterocycles. The molecule has 51 heavy (non-hydrogen) atoms. The van der Waals surface area contributed by atoms with Crippen LogP contribution in [0.25, 0.3) is 0 Å². The van der Waals surface area contributed by atoms with Gasteiger partial charge in [0.2, 0.25) is 5.91 Å². The largest absolute Gasteiger partial charge is 0.394 e. The molecule has 1 fully saturated rings. The van der Waals surface area contributed by atoms with Crippen molar-refractivity contribution < 1.29 is 50.0 Å². The van der Waals surface area contributed by atoms with Crippen LogP contribution in [0.4, 0.5) is 0 Å². The van der Waals surface area contributed by atoms with Crippen LogP contribution in [0.2, 0.25) is 0 Å². The molecule has 1 heterocycles. The highest BCUT2D eigenvalue weighted by Gasteiger charge is 2.44. The van der Waals surface area contributed by atoms with Crippen molar-refractivity contribution in [3.8, 4) is 0 Å². The molecule has 1 saturated heterocycles. The SMILES string of the molecule is CCCCCCCCCCCCC/C=C\CCCCCCCCC(O)C(=O)NC(COC1OC(CO)C(O)C(O)C1O)C(O)C(O)CCCCC. The minimum atomic E-state index is -1.66. The zero-order valence-electron chi connectivity index (χ0n) is 32.1. The fourth-order valence-corrected chi connectivity index (χ4v) is 6.55. The summed E-state index contributed by atoms with van der Waals surface area (Å²) < 4.78 is 10.9. The first kappa shape index (κ1) is 47.9. The van der Waals surface area contributed by atoms with Crippen LogP contribution < -0.4 is 5.32 Å². The predicted molar refractivity (Wildman–Crippen MR) is 201 cm³/mol. The van der Waals surface area contributed by atoms with Crippen molar-refractivity contribution >= 4 is 5.91 Å². The minimum Gasteiger partial charge on any atom is -0.394 e. The maximum atomic E-state index is 12.9. The lowest BCUT2D eigenvalue weighted by Gasteiger charge is -2.40. The zero-order valence-corrected chi connectivity index (χ0v) is 32.1. The van der Waals surface area contributed by atoms with E-state index in [0.717, 1.165) is 44.9 Å². The van der Waals surface area contributed by atoms with E-state index in [4.69, 9.17) is 9.47 Å². The second kappa shape index (κ2) is 31.2. The summed E-state index contributed by atoms with van der Waals surface area (Å²) in [5.74, 6) is -0.711. The highest BCUT2D eigenvalue weighted by molar-refractivity contribution is 5.80. The Morgan fingerprint density at radius 3 is 1.67 bits per heavy atom. The summed E-state index contributed by atoms with van der Waals surface area (Å²) in [6, 6.07) is -1.16. The van der Waals surface area contributed by atoms with Gasteiger partial charge in [0.05, 0.1) is 25.4 Å². The van der Waals surface area contributed by atoms with E-state index in [1.165, 1.54) is 83.5 Å². The molecule has 1 rings (SSSR count).